The number of carbonyl (C=O) groups excluding carboxylic acids is 1. The fourth-order valence-electron chi connectivity index (χ4n) is 2.96. The van der Waals surface area contributed by atoms with Gasteiger partial charge in [-0.05, 0) is 25.8 Å². The standard InChI is InChI=1S/C17H23N5O2/c1-3-4-9-22-14-8-6-5-7-12(14)15(17(22)24)20-21-16(23)13-10-11(2)18-19-13/h5-8,11,13,18-19,24H,3-4,9-10H2,1-2H3. The number of fused-ring (bicyclic) bond motifs is 1. The number of hydrogen-bond donors (Lipinski definition) is 3. The van der Waals surface area contributed by atoms with Gasteiger partial charge in [0.05, 0.1) is 5.52 Å². The van der Waals surface area contributed by atoms with Gasteiger partial charge in [0, 0.05) is 18.0 Å². The average Bonchev–Trinajstić information content (AvgIpc) is 3.13. The Balaban J connectivity index is 1.90. The highest BCUT2D eigenvalue weighted by molar-refractivity contribution is 5.95. The molecular weight excluding hydrogens is 306 g/mol. The minimum absolute atomic E-state index is 0.0621. The Labute approximate surface area is 140 Å². The van der Waals surface area contributed by atoms with E-state index in [1.165, 1.54) is 0 Å². The first-order valence-electron chi connectivity index (χ1n) is 8.38. The molecule has 24 heavy (non-hydrogen) atoms. The summed E-state index contributed by atoms with van der Waals surface area (Å²) in [5.74, 6) is -0.274. The number of carbonyl (C=O) groups is 1. The molecule has 0 saturated carbocycles. The molecule has 3 rings (SSSR count). The van der Waals surface area contributed by atoms with Crippen molar-refractivity contribution in [2.45, 2.75) is 51.7 Å². The number of nitrogens with zero attached hydrogens (tertiary/aromatic N) is 3. The Morgan fingerprint density at radius 3 is 2.88 bits per heavy atom. The number of aromatic nitrogens is 1. The molecule has 7 heteroatoms. The molecule has 1 aliphatic rings. The number of rotatable bonds is 5. The molecule has 2 unspecified atom stereocenters. The number of aromatic hydroxyl groups is 1. The smallest absolute Gasteiger partial charge is 0.282 e. The van der Waals surface area contributed by atoms with Crippen LogP contribution in [0.2, 0.25) is 0 Å². The molecule has 2 heterocycles. The number of unbranched alkanes of at least 4 members (excludes halogenated alkanes) is 1. The largest absolute Gasteiger partial charge is 0.493 e. The molecule has 0 bridgehead atoms. The minimum Gasteiger partial charge on any atom is -0.493 e. The van der Waals surface area contributed by atoms with E-state index in [2.05, 4.69) is 28.0 Å². The lowest BCUT2D eigenvalue weighted by molar-refractivity contribution is -0.120. The van der Waals surface area contributed by atoms with Crippen LogP contribution in [0.25, 0.3) is 10.9 Å². The lowest BCUT2D eigenvalue weighted by atomic mass is 10.1. The van der Waals surface area contributed by atoms with Gasteiger partial charge in [-0.1, -0.05) is 31.5 Å². The van der Waals surface area contributed by atoms with Crippen molar-refractivity contribution in [1.82, 2.24) is 15.4 Å². The van der Waals surface area contributed by atoms with E-state index in [0.29, 0.717) is 18.7 Å². The van der Waals surface area contributed by atoms with Gasteiger partial charge in [0.15, 0.2) is 5.69 Å². The van der Waals surface area contributed by atoms with Gasteiger partial charge in [0.2, 0.25) is 5.88 Å². The van der Waals surface area contributed by atoms with Gasteiger partial charge in [-0.15, -0.1) is 10.2 Å². The maximum Gasteiger partial charge on any atom is 0.282 e. The molecule has 1 aromatic heterocycles. The number of aryl methyl sites for hydroxylation is 1. The van der Waals surface area contributed by atoms with Gasteiger partial charge < -0.3 is 9.67 Å². The third-order valence-corrected chi connectivity index (χ3v) is 4.29. The molecule has 1 saturated heterocycles. The fraction of sp³-hybridized carbons (Fsp3) is 0.471. The van der Waals surface area contributed by atoms with Gasteiger partial charge in [-0.25, -0.2) is 5.43 Å². The molecule has 0 aliphatic carbocycles. The first-order chi connectivity index (χ1) is 11.6. The molecule has 1 amide bonds. The molecule has 1 aromatic carbocycles. The van der Waals surface area contributed by atoms with E-state index in [0.717, 1.165) is 23.7 Å². The Morgan fingerprint density at radius 2 is 2.17 bits per heavy atom. The number of nitrogens with one attached hydrogen (secondary N) is 2. The van der Waals surface area contributed by atoms with Crippen molar-refractivity contribution in [1.29, 1.82) is 0 Å². The second kappa shape index (κ2) is 7.11. The summed E-state index contributed by atoms with van der Waals surface area (Å²) in [6.07, 6.45) is 2.65. The van der Waals surface area contributed by atoms with Crippen molar-refractivity contribution in [3.63, 3.8) is 0 Å². The molecule has 7 nitrogen and oxygen atoms in total. The van der Waals surface area contributed by atoms with Gasteiger partial charge in [-0.2, -0.15) is 0 Å². The quantitative estimate of drug-likeness (QED) is 0.735. The van der Waals surface area contributed by atoms with E-state index >= 15 is 0 Å². The van der Waals surface area contributed by atoms with Gasteiger partial charge in [-0.3, -0.25) is 10.2 Å². The summed E-state index contributed by atoms with van der Waals surface area (Å²) in [4.78, 5) is 12.1. The highest BCUT2D eigenvalue weighted by Gasteiger charge is 2.27. The zero-order valence-corrected chi connectivity index (χ0v) is 14.0. The minimum atomic E-state index is -0.376. The monoisotopic (exact) mass is 329 g/mol. The molecule has 0 radical (unpaired) electrons. The molecule has 1 fully saturated rings. The molecule has 1 aliphatic heterocycles. The molecular formula is C17H23N5O2. The van der Waals surface area contributed by atoms with E-state index in [4.69, 9.17) is 0 Å². The molecule has 2 aromatic rings. The summed E-state index contributed by atoms with van der Waals surface area (Å²) in [6.45, 7) is 4.80. The SMILES string of the molecule is CCCCn1c(O)c(N=NC(=O)C2CC(C)NN2)c2ccccc21. The maximum absolute atomic E-state index is 12.1. The Morgan fingerprint density at radius 1 is 1.38 bits per heavy atom. The number of para-hydroxylation sites is 1. The van der Waals surface area contributed by atoms with Crippen LogP contribution in [0.5, 0.6) is 5.88 Å². The first kappa shape index (κ1) is 16.6. The van der Waals surface area contributed by atoms with Crippen molar-refractivity contribution >= 4 is 22.5 Å². The van der Waals surface area contributed by atoms with E-state index in [1.54, 1.807) is 0 Å². The normalized spacial score (nSPS) is 21.1. The third kappa shape index (κ3) is 3.18. The van der Waals surface area contributed by atoms with E-state index in [-0.39, 0.29) is 23.9 Å². The highest BCUT2D eigenvalue weighted by atomic mass is 16.3. The van der Waals surface area contributed by atoms with Crippen molar-refractivity contribution in [3.05, 3.63) is 24.3 Å². The number of hydrazine groups is 1. The van der Waals surface area contributed by atoms with Crippen molar-refractivity contribution in [2.24, 2.45) is 10.2 Å². The summed E-state index contributed by atoms with van der Waals surface area (Å²) < 4.78 is 1.83. The number of amides is 1. The highest BCUT2D eigenvalue weighted by Crippen LogP contribution is 2.39. The van der Waals surface area contributed by atoms with Crippen LogP contribution in [0, 0.1) is 0 Å². The van der Waals surface area contributed by atoms with E-state index in [1.807, 2.05) is 35.8 Å². The predicted octanol–water partition coefficient (Wildman–Crippen LogP) is 3.01. The lowest BCUT2D eigenvalue weighted by Crippen LogP contribution is -2.36. The summed E-state index contributed by atoms with van der Waals surface area (Å²) in [6, 6.07) is 7.48. The van der Waals surface area contributed by atoms with Crippen molar-refractivity contribution in [2.75, 3.05) is 0 Å². The zero-order valence-electron chi connectivity index (χ0n) is 14.0. The second-order valence-corrected chi connectivity index (χ2v) is 6.21. The van der Waals surface area contributed by atoms with Crippen LogP contribution >= 0.6 is 0 Å². The summed E-state index contributed by atoms with van der Waals surface area (Å²) >= 11 is 0. The topological polar surface area (TPSA) is 91.0 Å². The third-order valence-electron chi connectivity index (χ3n) is 4.29. The molecule has 0 spiro atoms. The van der Waals surface area contributed by atoms with Crippen LogP contribution in [0.1, 0.15) is 33.1 Å². The average molecular weight is 329 g/mol. The van der Waals surface area contributed by atoms with Crippen LogP contribution in [-0.4, -0.2) is 27.7 Å². The summed E-state index contributed by atoms with van der Waals surface area (Å²) in [5, 5.41) is 19.2. The van der Waals surface area contributed by atoms with E-state index in [9.17, 15) is 9.90 Å². The zero-order chi connectivity index (χ0) is 17.1. The van der Waals surface area contributed by atoms with Gasteiger partial charge in [0.25, 0.3) is 5.91 Å². The van der Waals surface area contributed by atoms with Crippen LogP contribution in [0.3, 0.4) is 0 Å². The second-order valence-electron chi connectivity index (χ2n) is 6.21. The predicted molar refractivity (Wildman–Crippen MR) is 92.2 cm³/mol. The Hall–Kier alpha value is -2.25. The van der Waals surface area contributed by atoms with Gasteiger partial charge in [0.1, 0.15) is 6.04 Å². The maximum atomic E-state index is 12.1. The van der Waals surface area contributed by atoms with Crippen LogP contribution < -0.4 is 10.9 Å². The number of azo groups is 1. The van der Waals surface area contributed by atoms with Crippen LogP contribution in [0.15, 0.2) is 34.5 Å². The van der Waals surface area contributed by atoms with Crippen LogP contribution in [0.4, 0.5) is 5.69 Å². The number of benzene rings is 1. The van der Waals surface area contributed by atoms with Crippen molar-refractivity contribution < 1.29 is 9.90 Å². The van der Waals surface area contributed by atoms with Gasteiger partial charge >= 0.3 is 0 Å². The first-order valence-corrected chi connectivity index (χ1v) is 8.38. The molecule has 3 N–H and O–H groups in total. The Kier molecular flexibility index (Phi) is 4.92. The van der Waals surface area contributed by atoms with E-state index < -0.39 is 0 Å². The number of hydrogen-bond acceptors (Lipinski definition) is 5. The molecule has 2 atom stereocenters. The molecule has 128 valence electrons. The Bertz CT molecular complexity index is 768. The summed E-state index contributed by atoms with van der Waals surface area (Å²) in [5.41, 5.74) is 7.15. The fourth-order valence-corrected chi connectivity index (χ4v) is 2.96. The van der Waals surface area contributed by atoms with Crippen LogP contribution in [-0.2, 0) is 11.3 Å². The lowest BCUT2D eigenvalue weighted by Gasteiger charge is -2.05. The van der Waals surface area contributed by atoms with Crippen molar-refractivity contribution in [3.8, 4) is 5.88 Å². The summed E-state index contributed by atoms with van der Waals surface area (Å²) in [7, 11) is 0.